The summed E-state index contributed by atoms with van der Waals surface area (Å²) in [6.07, 6.45) is 2.72. The number of pyridine rings is 1. The van der Waals surface area contributed by atoms with Crippen LogP contribution in [0.2, 0.25) is 0 Å². The van der Waals surface area contributed by atoms with Gasteiger partial charge in [-0.05, 0) is 65.2 Å². The van der Waals surface area contributed by atoms with Crippen molar-refractivity contribution in [3.8, 4) is 11.4 Å². The molecule has 1 atom stereocenters. The molecular weight excluding hydrogens is 508 g/mol. The van der Waals surface area contributed by atoms with Gasteiger partial charge in [0, 0.05) is 30.2 Å². The molecule has 1 unspecified atom stereocenters. The summed E-state index contributed by atoms with van der Waals surface area (Å²) in [7, 11) is 1.52. The fourth-order valence-electron chi connectivity index (χ4n) is 4.46. The van der Waals surface area contributed by atoms with Crippen molar-refractivity contribution in [2.45, 2.75) is 24.6 Å². The van der Waals surface area contributed by atoms with E-state index in [4.69, 9.17) is 9.47 Å². The molecule has 0 N–H and O–H groups in total. The van der Waals surface area contributed by atoms with Crippen molar-refractivity contribution >= 4 is 36.1 Å². The molecule has 5 rings (SSSR count). The molecule has 0 radical (unpaired) electrons. The summed E-state index contributed by atoms with van der Waals surface area (Å²) < 4.78 is 52.4. The maximum absolute atomic E-state index is 13.3. The molecule has 35 heavy (non-hydrogen) atoms. The zero-order valence-electron chi connectivity index (χ0n) is 18.6. The maximum atomic E-state index is 13.3. The second-order valence-corrected chi connectivity index (χ2v) is 8.05. The summed E-state index contributed by atoms with van der Waals surface area (Å²) in [5.41, 5.74) is 2.28. The Kier molecular flexibility index (Phi) is 7.93. The molecule has 2 aliphatic heterocycles. The fourth-order valence-corrected chi connectivity index (χ4v) is 4.46. The number of hydrogen-bond donors (Lipinski definition) is 0. The number of nitrogens with zero attached hydrogens (tertiary/aromatic N) is 6. The van der Waals surface area contributed by atoms with Crippen LogP contribution in [0.3, 0.4) is 0 Å². The topological polar surface area (TPSA) is 78.2 Å². The molecule has 2 aliphatic rings. The zero-order valence-corrected chi connectivity index (χ0v) is 20.2. The molecule has 2 aromatic heterocycles. The highest BCUT2D eigenvalue weighted by Gasteiger charge is 2.40. The van der Waals surface area contributed by atoms with Gasteiger partial charge in [-0.15, -0.1) is 29.9 Å². The first-order chi connectivity index (χ1) is 15.9. The normalized spacial score (nSPS) is 19.7. The highest BCUT2D eigenvalue weighted by molar-refractivity contribution is 5.85. The van der Waals surface area contributed by atoms with Gasteiger partial charge < -0.3 is 14.4 Å². The predicted molar refractivity (Wildman–Crippen MR) is 128 cm³/mol. The molecule has 0 amide bonds. The molecule has 8 nitrogen and oxygen atoms in total. The van der Waals surface area contributed by atoms with Gasteiger partial charge in [-0.2, -0.15) is 17.9 Å². The van der Waals surface area contributed by atoms with Crippen molar-refractivity contribution in [2.75, 3.05) is 31.7 Å². The lowest BCUT2D eigenvalue weighted by Gasteiger charge is -2.40. The summed E-state index contributed by atoms with van der Waals surface area (Å²) in [6.45, 7) is 1.91. The molecule has 1 spiro atoms. The second kappa shape index (κ2) is 10.4. The van der Waals surface area contributed by atoms with Crippen LogP contribution in [0.4, 0.5) is 18.9 Å². The lowest BCUT2D eigenvalue weighted by atomic mass is 9.90. The Labute approximate surface area is 211 Å². The van der Waals surface area contributed by atoms with Crippen molar-refractivity contribution in [3.63, 3.8) is 0 Å². The van der Waals surface area contributed by atoms with Crippen LogP contribution in [0.25, 0.3) is 11.3 Å². The number of alkyl halides is 3. The average molecular weight is 531 g/mol. The van der Waals surface area contributed by atoms with E-state index in [9.17, 15) is 13.2 Å². The van der Waals surface area contributed by atoms with Crippen molar-refractivity contribution in [1.82, 2.24) is 25.2 Å². The number of hydrogen-bond acceptors (Lipinski definition) is 7. The summed E-state index contributed by atoms with van der Waals surface area (Å²) in [5.74, 6) is -0.652. The third-order valence-electron chi connectivity index (χ3n) is 5.96. The number of piperidine rings is 1. The molecule has 4 heterocycles. The fraction of sp³-hybridized carbons (Fsp3) is 0.364. The Morgan fingerprint density at radius 2 is 1.86 bits per heavy atom. The first kappa shape index (κ1) is 26.7. The SMILES string of the molecule is COc1ccc(-n2nnnc2C(F)(F)F)cc1C1=CC2(CCCN(c3ccncc3)C2)OC1.Cl.Cl. The van der Waals surface area contributed by atoms with Gasteiger partial charge in [0.1, 0.15) is 11.4 Å². The third kappa shape index (κ3) is 5.21. The van der Waals surface area contributed by atoms with E-state index in [1.807, 2.05) is 12.1 Å². The van der Waals surface area contributed by atoms with Crippen LogP contribution in [0.1, 0.15) is 24.2 Å². The van der Waals surface area contributed by atoms with Crippen LogP contribution >= 0.6 is 24.8 Å². The van der Waals surface area contributed by atoms with Gasteiger partial charge in [0.15, 0.2) is 0 Å². The summed E-state index contributed by atoms with van der Waals surface area (Å²) >= 11 is 0. The zero-order chi connectivity index (χ0) is 23.1. The van der Waals surface area contributed by atoms with Gasteiger partial charge in [-0.25, -0.2) is 0 Å². The van der Waals surface area contributed by atoms with E-state index in [0.29, 0.717) is 29.1 Å². The van der Waals surface area contributed by atoms with Crippen LogP contribution in [0.5, 0.6) is 5.75 Å². The standard InChI is InChI=1S/C22H21F3N6O2.2ClH/c1-32-19-4-3-17(31-20(22(23,24)25)27-28-29-31)11-18(19)15-12-21(33-13-15)7-2-10-30(14-21)16-5-8-26-9-6-16;;/h3-6,8-9,11-12H,2,7,10,13-14H2,1H3;2*1H. The third-order valence-corrected chi connectivity index (χ3v) is 5.96. The van der Waals surface area contributed by atoms with E-state index >= 15 is 0 Å². The van der Waals surface area contributed by atoms with E-state index in [1.165, 1.54) is 13.2 Å². The van der Waals surface area contributed by atoms with Gasteiger partial charge in [-0.1, -0.05) is 0 Å². The Balaban J connectivity index is 0.00000171. The molecule has 1 saturated heterocycles. The van der Waals surface area contributed by atoms with Crippen molar-refractivity contribution in [2.24, 2.45) is 0 Å². The number of methoxy groups -OCH3 is 1. The molecule has 0 aliphatic carbocycles. The van der Waals surface area contributed by atoms with Crippen LogP contribution < -0.4 is 9.64 Å². The summed E-state index contributed by atoms with van der Waals surface area (Å²) in [4.78, 5) is 6.34. The monoisotopic (exact) mass is 530 g/mol. The number of ether oxygens (including phenoxy) is 2. The molecule has 3 aromatic rings. The number of rotatable bonds is 4. The van der Waals surface area contributed by atoms with Crippen molar-refractivity contribution in [3.05, 3.63) is 60.2 Å². The van der Waals surface area contributed by atoms with E-state index in [1.54, 1.807) is 24.5 Å². The quantitative estimate of drug-likeness (QED) is 0.495. The lowest BCUT2D eigenvalue weighted by molar-refractivity contribution is -0.146. The van der Waals surface area contributed by atoms with Crippen molar-refractivity contribution in [1.29, 1.82) is 0 Å². The molecule has 13 heteroatoms. The molecule has 0 saturated carbocycles. The smallest absolute Gasteiger partial charge is 0.453 e. The number of benzene rings is 1. The summed E-state index contributed by atoms with van der Waals surface area (Å²) in [6, 6.07) is 8.64. The molecule has 188 valence electrons. The number of anilines is 1. The number of halogens is 5. The van der Waals surface area contributed by atoms with Crippen LogP contribution in [0.15, 0.2) is 48.8 Å². The van der Waals surface area contributed by atoms with E-state index in [2.05, 4.69) is 31.5 Å². The van der Waals surface area contributed by atoms with Crippen molar-refractivity contribution < 1.29 is 22.6 Å². The first-order valence-corrected chi connectivity index (χ1v) is 10.4. The summed E-state index contributed by atoms with van der Waals surface area (Å²) in [5, 5.41) is 9.87. The Hall–Kier alpha value is -2.89. The van der Waals surface area contributed by atoms with Crippen LogP contribution in [-0.2, 0) is 10.9 Å². The minimum absolute atomic E-state index is 0. The van der Waals surface area contributed by atoms with E-state index in [0.717, 1.165) is 30.6 Å². The predicted octanol–water partition coefficient (Wildman–Crippen LogP) is 4.38. The van der Waals surface area contributed by atoms with Crippen LogP contribution in [-0.4, -0.2) is 57.6 Å². The maximum Gasteiger partial charge on any atom is 0.453 e. The van der Waals surface area contributed by atoms with Gasteiger partial charge in [0.05, 0.1) is 25.9 Å². The van der Waals surface area contributed by atoms with Gasteiger partial charge >= 0.3 is 6.18 Å². The Morgan fingerprint density at radius 3 is 2.57 bits per heavy atom. The first-order valence-electron chi connectivity index (χ1n) is 10.4. The molecule has 0 bridgehead atoms. The Morgan fingerprint density at radius 1 is 1.09 bits per heavy atom. The highest BCUT2D eigenvalue weighted by Crippen LogP contribution is 2.40. The van der Waals surface area contributed by atoms with E-state index in [-0.39, 0.29) is 30.5 Å². The Bertz CT molecular complexity index is 1190. The molecule has 1 aromatic carbocycles. The largest absolute Gasteiger partial charge is 0.496 e. The minimum atomic E-state index is -4.68. The van der Waals surface area contributed by atoms with E-state index < -0.39 is 17.6 Å². The average Bonchev–Trinajstić information content (AvgIpc) is 3.47. The van der Waals surface area contributed by atoms with Gasteiger partial charge in [0.2, 0.25) is 0 Å². The highest BCUT2D eigenvalue weighted by atomic mass is 35.5. The molecule has 1 fully saturated rings. The number of tetrazole rings is 1. The number of aromatic nitrogens is 5. The minimum Gasteiger partial charge on any atom is -0.496 e. The second-order valence-electron chi connectivity index (χ2n) is 8.05. The van der Waals surface area contributed by atoms with Gasteiger partial charge in [0.25, 0.3) is 5.82 Å². The van der Waals surface area contributed by atoms with Crippen LogP contribution in [0, 0.1) is 0 Å². The molecular formula is C22H23Cl2F3N6O2. The van der Waals surface area contributed by atoms with Gasteiger partial charge in [-0.3, -0.25) is 4.98 Å². The lowest BCUT2D eigenvalue weighted by Crippen LogP contribution is -2.47.